The molecule has 22 heavy (non-hydrogen) atoms. The molecule has 1 amide bonds. The number of benzene rings is 1. The molecule has 0 atom stereocenters. The Balaban J connectivity index is 1.57. The van der Waals surface area contributed by atoms with Crippen LogP contribution in [0.4, 0.5) is 4.39 Å². The number of carbonyl (C=O) groups excluding carboxylic acids is 1. The molecule has 1 saturated carbocycles. The number of hydrogen-bond acceptors (Lipinski definition) is 3. The summed E-state index contributed by atoms with van der Waals surface area (Å²) in [5.74, 6) is -0.875. The molecule has 1 aliphatic carbocycles. The Kier molecular flexibility index (Phi) is 4.39. The first-order chi connectivity index (χ1) is 10.5. The van der Waals surface area contributed by atoms with Crippen molar-refractivity contribution in [3.05, 3.63) is 34.6 Å². The zero-order valence-corrected chi connectivity index (χ0v) is 13.2. The van der Waals surface area contributed by atoms with E-state index < -0.39 is 11.4 Å². The van der Waals surface area contributed by atoms with Crippen molar-refractivity contribution in [3.8, 4) is 0 Å². The van der Waals surface area contributed by atoms with Crippen LogP contribution in [0.2, 0.25) is 5.02 Å². The van der Waals surface area contributed by atoms with Crippen molar-refractivity contribution in [2.24, 2.45) is 0 Å². The molecule has 120 valence electrons. The maximum atomic E-state index is 13.8. The average molecular weight is 327 g/mol. The van der Waals surface area contributed by atoms with Gasteiger partial charge in [0.25, 0.3) is 5.91 Å². The van der Waals surface area contributed by atoms with Crippen molar-refractivity contribution in [3.63, 3.8) is 0 Å². The third-order valence-electron chi connectivity index (χ3n) is 4.62. The van der Waals surface area contributed by atoms with Crippen LogP contribution in [-0.2, 0) is 0 Å². The SMILES string of the molecule is O=C(c1ccc(Cl)cc1F)N1CCN(CC2(O)CCC2)CC1. The van der Waals surface area contributed by atoms with Crippen molar-refractivity contribution >= 4 is 17.5 Å². The number of carbonyl (C=O) groups is 1. The largest absolute Gasteiger partial charge is 0.389 e. The van der Waals surface area contributed by atoms with Gasteiger partial charge in [-0.1, -0.05) is 11.6 Å². The summed E-state index contributed by atoms with van der Waals surface area (Å²) in [5.41, 5.74) is -0.468. The highest BCUT2D eigenvalue weighted by atomic mass is 35.5. The number of β-amino-alcohol motifs (C(OH)–C–C–N with tert-alkyl or cyclic N) is 1. The fraction of sp³-hybridized carbons (Fsp3) is 0.562. The molecule has 0 aromatic heterocycles. The van der Waals surface area contributed by atoms with Crippen LogP contribution in [0, 0.1) is 5.82 Å². The van der Waals surface area contributed by atoms with E-state index in [0.717, 1.165) is 25.3 Å². The standard InChI is InChI=1S/C16H20ClFN2O2/c17-12-2-3-13(14(18)10-12)15(21)20-8-6-19(7-9-20)11-16(22)4-1-5-16/h2-3,10,22H,1,4-9,11H2. The van der Waals surface area contributed by atoms with E-state index in [1.165, 1.54) is 12.1 Å². The van der Waals surface area contributed by atoms with Crippen molar-refractivity contribution in [2.45, 2.75) is 24.9 Å². The third kappa shape index (κ3) is 3.26. The fourth-order valence-electron chi connectivity index (χ4n) is 3.10. The first-order valence-electron chi connectivity index (χ1n) is 7.66. The number of amides is 1. The fourth-order valence-corrected chi connectivity index (χ4v) is 3.26. The molecular weight excluding hydrogens is 307 g/mol. The minimum Gasteiger partial charge on any atom is -0.389 e. The topological polar surface area (TPSA) is 43.8 Å². The molecule has 4 nitrogen and oxygen atoms in total. The second-order valence-electron chi connectivity index (χ2n) is 6.27. The Labute approximate surface area is 134 Å². The first kappa shape index (κ1) is 15.7. The summed E-state index contributed by atoms with van der Waals surface area (Å²) in [4.78, 5) is 16.2. The highest BCUT2D eigenvalue weighted by Gasteiger charge is 2.37. The molecule has 3 rings (SSSR count). The van der Waals surface area contributed by atoms with Gasteiger partial charge in [0.15, 0.2) is 0 Å². The smallest absolute Gasteiger partial charge is 0.256 e. The number of piperazine rings is 1. The number of nitrogens with zero attached hydrogens (tertiary/aromatic N) is 2. The number of hydrogen-bond donors (Lipinski definition) is 1. The van der Waals surface area contributed by atoms with E-state index in [0.29, 0.717) is 32.7 Å². The Hall–Kier alpha value is -1.17. The molecule has 0 radical (unpaired) electrons. The lowest BCUT2D eigenvalue weighted by Gasteiger charge is -2.43. The summed E-state index contributed by atoms with van der Waals surface area (Å²) in [7, 11) is 0. The van der Waals surface area contributed by atoms with Crippen LogP contribution >= 0.6 is 11.6 Å². The normalized spacial score (nSPS) is 21.5. The molecule has 2 aliphatic rings. The van der Waals surface area contributed by atoms with E-state index >= 15 is 0 Å². The Morgan fingerprint density at radius 3 is 2.50 bits per heavy atom. The molecule has 0 bridgehead atoms. The van der Waals surface area contributed by atoms with E-state index in [1.807, 2.05) is 0 Å². The van der Waals surface area contributed by atoms with E-state index in [2.05, 4.69) is 4.90 Å². The summed E-state index contributed by atoms with van der Waals surface area (Å²) in [6, 6.07) is 4.13. The van der Waals surface area contributed by atoms with Gasteiger partial charge in [0.1, 0.15) is 5.82 Å². The minimum atomic E-state index is -0.580. The van der Waals surface area contributed by atoms with Crippen LogP contribution in [0.1, 0.15) is 29.6 Å². The Morgan fingerprint density at radius 1 is 1.27 bits per heavy atom. The molecule has 1 aromatic carbocycles. The highest BCUT2D eigenvalue weighted by Crippen LogP contribution is 2.32. The van der Waals surface area contributed by atoms with Gasteiger partial charge in [-0.15, -0.1) is 0 Å². The molecule has 1 saturated heterocycles. The lowest BCUT2D eigenvalue weighted by Crippen LogP contribution is -2.55. The minimum absolute atomic E-state index is 0.0653. The predicted molar refractivity (Wildman–Crippen MR) is 82.6 cm³/mol. The zero-order valence-electron chi connectivity index (χ0n) is 12.4. The van der Waals surface area contributed by atoms with Crippen molar-refractivity contribution in [1.29, 1.82) is 0 Å². The van der Waals surface area contributed by atoms with Gasteiger partial charge in [-0.25, -0.2) is 4.39 Å². The molecule has 1 aliphatic heterocycles. The van der Waals surface area contributed by atoms with Gasteiger partial charge in [-0.2, -0.15) is 0 Å². The van der Waals surface area contributed by atoms with Gasteiger partial charge in [-0.3, -0.25) is 9.69 Å². The molecule has 1 N–H and O–H groups in total. The van der Waals surface area contributed by atoms with E-state index in [-0.39, 0.29) is 16.5 Å². The number of aliphatic hydroxyl groups is 1. The summed E-state index contributed by atoms with van der Waals surface area (Å²) >= 11 is 5.71. The second-order valence-corrected chi connectivity index (χ2v) is 6.71. The molecule has 2 fully saturated rings. The predicted octanol–water partition coefficient (Wildman–Crippen LogP) is 2.15. The average Bonchev–Trinajstić information content (AvgIpc) is 2.46. The van der Waals surface area contributed by atoms with Crippen LogP contribution in [-0.4, -0.2) is 59.1 Å². The molecule has 0 unspecified atom stereocenters. The van der Waals surface area contributed by atoms with Gasteiger partial charge >= 0.3 is 0 Å². The number of rotatable bonds is 3. The Bertz CT molecular complexity index is 569. The maximum absolute atomic E-state index is 13.8. The van der Waals surface area contributed by atoms with Crippen molar-refractivity contribution < 1.29 is 14.3 Å². The van der Waals surface area contributed by atoms with Crippen LogP contribution in [0.5, 0.6) is 0 Å². The zero-order chi connectivity index (χ0) is 15.7. The highest BCUT2D eigenvalue weighted by molar-refractivity contribution is 6.30. The quantitative estimate of drug-likeness (QED) is 0.925. The van der Waals surface area contributed by atoms with Crippen LogP contribution in [0.3, 0.4) is 0 Å². The van der Waals surface area contributed by atoms with Gasteiger partial charge in [0.2, 0.25) is 0 Å². The van der Waals surface area contributed by atoms with E-state index in [1.54, 1.807) is 4.90 Å². The van der Waals surface area contributed by atoms with Crippen LogP contribution in [0.15, 0.2) is 18.2 Å². The van der Waals surface area contributed by atoms with Gasteiger partial charge in [-0.05, 0) is 37.5 Å². The molecular formula is C16H20ClFN2O2. The lowest BCUT2D eigenvalue weighted by molar-refractivity contribution is -0.0641. The van der Waals surface area contributed by atoms with E-state index in [4.69, 9.17) is 11.6 Å². The molecule has 1 aromatic rings. The summed E-state index contributed by atoms with van der Waals surface area (Å²) < 4.78 is 13.8. The summed E-state index contributed by atoms with van der Waals surface area (Å²) in [6.45, 7) is 3.20. The maximum Gasteiger partial charge on any atom is 0.256 e. The molecule has 0 spiro atoms. The Morgan fingerprint density at radius 2 is 1.95 bits per heavy atom. The molecule has 1 heterocycles. The van der Waals surface area contributed by atoms with Crippen molar-refractivity contribution in [2.75, 3.05) is 32.7 Å². The van der Waals surface area contributed by atoms with Crippen molar-refractivity contribution in [1.82, 2.24) is 9.80 Å². The second kappa shape index (κ2) is 6.14. The van der Waals surface area contributed by atoms with E-state index in [9.17, 15) is 14.3 Å². The first-order valence-corrected chi connectivity index (χ1v) is 8.04. The van der Waals surface area contributed by atoms with Crippen LogP contribution < -0.4 is 0 Å². The third-order valence-corrected chi connectivity index (χ3v) is 4.86. The lowest BCUT2D eigenvalue weighted by atomic mass is 9.80. The number of halogens is 2. The molecule has 6 heteroatoms. The monoisotopic (exact) mass is 326 g/mol. The van der Waals surface area contributed by atoms with Gasteiger partial charge in [0.05, 0.1) is 11.2 Å². The van der Waals surface area contributed by atoms with Gasteiger partial charge < -0.3 is 10.0 Å². The summed E-state index contributed by atoms with van der Waals surface area (Å²) in [6.07, 6.45) is 2.81. The van der Waals surface area contributed by atoms with Gasteiger partial charge in [0, 0.05) is 37.7 Å². The van der Waals surface area contributed by atoms with Crippen LogP contribution in [0.25, 0.3) is 0 Å². The summed E-state index contributed by atoms with van der Waals surface area (Å²) in [5, 5.41) is 10.5.